The van der Waals surface area contributed by atoms with E-state index < -0.39 is 12.1 Å². The molecule has 0 aromatic carbocycles. The highest BCUT2D eigenvalue weighted by Crippen LogP contribution is 1.87. The first kappa shape index (κ1) is 12.5. The summed E-state index contributed by atoms with van der Waals surface area (Å²) in [6, 6.07) is -0.837. The van der Waals surface area contributed by atoms with Crippen molar-refractivity contribution in [1.29, 1.82) is 0 Å². The maximum absolute atomic E-state index is 11.3. The Balaban J connectivity index is 3.89. The summed E-state index contributed by atoms with van der Waals surface area (Å²) < 4.78 is 0. The van der Waals surface area contributed by atoms with Gasteiger partial charge in [0.25, 0.3) is 0 Å². The van der Waals surface area contributed by atoms with Crippen LogP contribution in [0.15, 0.2) is 0 Å². The minimum absolute atomic E-state index is 0.412. The van der Waals surface area contributed by atoms with Crippen LogP contribution >= 0.6 is 0 Å². The van der Waals surface area contributed by atoms with Gasteiger partial charge in [-0.25, -0.2) is 15.0 Å². The molecule has 81 valence electrons. The number of nitrogens with zero attached hydrogens (tertiary/aromatic N) is 3. The van der Waals surface area contributed by atoms with E-state index in [9.17, 15) is 9.59 Å². The molecular weight excluding hydrogens is 184 g/mol. The van der Waals surface area contributed by atoms with Crippen molar-refractivity contribution in [3.63, 3.8) is 0 Å². The van der Waals surface area contributed by atoms with Crippen molar-refractivity contribution >= 4 is 12.1 Å². The number of hydrogen-bond acceptors (Lipinski definition) is 2. The summed E-state index contributed by atoms with van der Waals surface area (Å²) in [6.45, 7) is 4.86. The molecule has 0 saturated heterocycles. The Kier molecular flexibility index (Phi) is 5.43. The molecule has 6 heteroatoms. The highest BCUT2D eigenvalue weighted by atomic mass is 16.2. The smallest absolute Gasteiger partial charge is 0.329 e. The van der Waals surface area contributed by atoms with Gasteiger partial charge in [0.05, 0.1) is 0 Å². The second-order valence-electron chi connectivity index (χ2n) is 2.88. The van der Waals surface area contributed by atoms with Crippen LogP contribution in [0.5, 0.6) is 0 Å². The molecule has 0 aromatic heterocycles. The number of urea groups is 2. The molecular formula is C8H17N4O2. The van der Waals surface area contributed by atoms with Gasteiger partial charge >= 0.3 is 12.1 Å². The Labute approximate surface area is 84.2 Å². The van der Waals surface area contributed by atoms with Crippen LogP contribution in [-0.4, -0.2) is 49.0 Å². The van der Waals surface area contributed by atoms with Gasteiger partial charge in [0.15, 0.2) is 0 Å². The minimum Gasteiger partial charge on any atom is -0.329 e. The fourth-order valence-corrected chi connectivity index (χ4v) is 0.760. The summed E-state index contributed by atoms with van der Waals surface area (Å²) >= 11 is 0. The molecule has 0 heterocycles. The Hall–Kier alpha value is -1.46. The molecule has 0 rings (SSSR count). The van der Waals surface area contributed by atoms with Crippen LogP contribution in [0.4, 0.5) is 9.59 Å². The Morgan fingerprint density at radius 3 is 2.07 bits per heavy atom. The average Bonchev–Trinajstić information content (AvgIpc) is 2.15. The molecule has 0 aliphatic heterocycles. The van der Waals surface area contributed by atoms with Gasteiger partial charge in [0.2, 0.25) is 0 Å². The first-order valence-electron chi connectivity index (χ1n) is 4.49. The van der Waals surface area contributed by atoms with Gasteiger partial charge in [0, 0.05) is 27.2 Å². The van der Waals surface area contributed by atoms with Crippen LogP contribution in [0.3, 0.4) is 0 Å². The fourth-order valence-electron chi connectivity index (χ4n) is 0.760. The van der Waals surface area contributed by atoms with Gasteiger partial charge in [-0.3, -0.25) is 0 Å². The molecule has 0 aromatic rings. The van der Waals surface area contributed by atoms with Gasteiger partial charge in [0.1, 0.15) is 0 Å². The van der Waals surface area contributed by atoms with Gasteiger partial charge < -0.3 is 9.80 Å². The topological polar surface area (TPSA) is 66.8 Å². The van der Waals surface area contributed by atoms with E-state index in [-0.39, 0.29) is 0 Å². The predicted octanol–water partition coefficient (Wildman–Crippen LogP) is 0.239. The zero-order chi connectivity index (χ0) is 11.1. The highest BCUT2D eigenvalue weighted by molar-refractivity contribution is 5.79. The standard InChI is InChI=1S/C8H17N4O2/c1-5-12(6-2)8(14)10-9-7(13)11(3)4/h5-6H2,1-4H3,(H,9,13). The van der Waals surface area contributed by atoms with Crippen molar-refractivity contribution < 1.29 is 9.59 Å². The quantitative estimate of drug-likeness (QED) is 0.650. The third-order valence-corrected chi connectivity index (χ3v) is 1.69. The van der Waals surface area contributed by atoms with Crippen LogP contribution in [0, 0.1) is 0 Å². The van der Waals surface area contributed by atoms with E-state index in [0.717, 1.165) is 0 Å². The lowest BCUT2D eigenvalue weighted by molar-refractivity contribution is 0.188. The Morgan fingerprint density at radius 1 is 1.21 bits per heavy atom. The van der Waals surface area contributed by atoms with E-state index >= 15 is 0 Å². The van der Waals surface area contributed by atoms with Crippen LogP contribution < -0.4 is 10.9 Å². The number of rotatable bonds is 2. The molecule has 0 aliphatic rings. The molecule has 0 bridgehead atoms. The van der Waals surface area contributed by atoms with Crippen LogP contribution in [0.1, 0.15) is 13.8 Å². The molecule has 0 aliphatic carbocycles. The van der Waals surface area contributed by atoms with Gasteiger partial charge in [-0.2, -0.15) is 0 Å². The van der Waals surface area contributed by atoms with Crippen molar-refractivity contribution in [2.24, 2.45) is 0 Å². The monoisotopic (exact) mass is 201 g/mol. The average molecular weight is 201 g/mol. The first-order valence-corrected chi connectivity index (χ1v) is 4.49. The summed E-state index contributed by atoms with van der Waals surface area (Å²) in [5, 5.41) is 0. The maximum atomic E-state index is 11.3. The third-order valence-electron chi connectivity index (χ3n) is 1.69. The summed E-state index contributed by atoms with van der Waals surface area (Å²) in [6.07, 6.45) is 0. The lowest BCUT2D eigenvalue weighted by atomic mass is 10.5. The highest BCUT2D eigenvalue weighted by Gasteiger charge is 2.12. The molecule has 0 spiro atoms. The number of carbonyl (C=O) groups is 2. The molecule has 0 unspecified atom stereocenters. The summed E-state index contributed by atoms with van der Waals surface area (Å²) in [4.78, 5) is 25.1. The lowest BCUT2D eigenvalue weighted by Gasteiger charge is -2.18. The zero-order valence-electron chi connectivity index (χ0n) is 9.07. The Bertz CT molecular complexity index is 202. The molecule has 0 atom stereocenters. The maximum Gasteiger partial charge on any atom is 0.360 e. The van der Waals surface area contributed by atoms with E-state index in [4.69, 9.17) is 0 Å². The van der Waals surface area contributed by atoms with Crippen molar-refractivity contribution in [3.05, 3.63) is 0 Å². The molecule has 14 heavy (non-hydrogen) atoms. The molecule has 0 fully saturated rings. The van der Waals surface area contributed by atoms with E-state index in [1.165, 1.54) is 9.80 Å². The lowest BCUT2D eigenvalue weighted by Crippen LogP contribution is -2.46. The second-order valence-corrected chi connectivity index (χ2v) is 2.88. The van der Waals surface area contributed by atoms with Gasteiger partial charge in [-0.15, -0.1) is 5.43 Å². The van der Waals surface area contributed by atoms with Crippen molar-refractivity contribution in [2.45, 2.75) is 13.8 Å². The number of carbonyl (C=O) groups excluding carboxylic acids is 2. The van der Waals surface area contributed by atoms with E-state index in [0.29, 0.717) is 13.1 Å². The molecule has 0 saturated carbocycles. The van der Waals surface area contributed by atoms with Gasteiger partial charge in [-0.1, -0.05) is 0 Å². The predicted molar refractivity (Wildman–Crippen MR) is 52.7 cm³/mol. The number of nitrogens with one attached hydrogen (secondary N) is 1. The number of amides is 4. The summed E-state index contributed by atoms with van der Waals surface area (Å²) in [7, 11) is 3.15. The summed E-state index contributed by atoms with van der Waals surface area (Å²) in [5.41, 5.74) is 5.58. The van der Waals surface area contributed by atoms with Crippen LogP contribution in [-0.2, 0) is 0 Å². The molecule has 1 N–H and O–H groups in total. The Morgan fingerprint density at radius 2 is 1.71 bits per heavy atom. The third kappa shape index (κ3) is 3.97. The number of hydrogen-bond donors (Lipinski definition) is 1. The largest absolute Gasteiger partial charge is 0.360 e. The summed E-state index contributed by atoms with van der Waals surface area (Å²) in [5.74, 6) is 0. The van der Waals surface area contributed by atoms with Crippen LogP contribution in [0.25, 0.3) is 0 Å². The molecule has 4 amide bonds. The minimum atomic E-state index is -0.426. The van der Waals surface area contributed by atoms with Crippen molar-refractivity contribution in [1.82, 2.24) is 20.7 Å². The van der Waals surface area contributed by atoms with E-state index in [1.54, 1.807) is 14.1 Å². The van der Waals surface area contributed by atoms with Crippen molar-refractivity contribution in [3.8, 4) is 0 Å². The van der Waals surface area contributed by atoms with E-state index in [2.05, 4.69) is 10.9 Å². The fraction of sp³-hybridized carbons (Fsp3) is 0.750. The first-order chi connectivity index (χ1) is 6.52. The normalized spacial score (nSPS) is 9.14. The molecule has 6 nitrogen and oxygen atoms in total. The van der Waals surface area contributed by atoms with Gasteiger partial charge in [-0.05, 0) is 13.8 Å². The van der Waals surface area contributed by atoms with Crippen molar-refractivity contribution in [2.75, 3.05) is 27.2 Å². The molecule has 1 radical (unpaired) electrons. The zero-order valence-corrected chi connectivity index (χ0v) is 9.07. The van der Waals surface area contributed by atoms with E-state index in [1.807, 2.05) is 13.8 Å². The van der Waals surface area contributed by atoms with Crippen LogP contribution in [0.2, 0.25) is 0 Å². The SMILES string of the molecule is CCN(CC)C(=O)[N]NC(=O)N(C)C. The second kappa shape index (κ2) is 6.06.